The lowest BCUT2D eigenvalue weighted by molar-refractivity contribution is -0.122. The van der Waals surface area contributed by atoms with E-state index in [0.29, 0.717) is 19.4 Å². The van der Waals surface area contributed by atoms with Crippen LogP contribution in [0.15, 0.2) is 22.8 Å². The molecule has 2 heterocycles. The number of hydrogen-bond donors (Lipinski definition) is 3. The van der Waals surface area contributed by atoms with Gasteiger partial charge in [-0.15, -0.1) is 0 Å². The van der Waals surface area contributed by atoms with Gasteiger partial charge in [-0.1, -0.05) is 0 Å². The van der Waals surface area contributed by atoms with Gasteiger partial charge in [0, 0.05) is 19.0 Å². The summed E-state index contributed by atoms with van der Waals surface area (Å²) in [6.45, 7) is 2.59. The number of carbonyl (C=O) groups excluding carboxylic acids is 2. The van der Waals surface area contributed by atoms with Crippen molar-refractivity contribution in [1.29, 1.82) is 0 Å². The predicted molar refractivity (Wildman–Crippen MR) is 74.2 cm³/mol. The van der Waals surface area contributed by atoms with E-state index in [0.717, 1.165) is 18.6 Å². The Labute approximate surface area is 118 Å². The minimum absolute atomic E-state index is 0.0602. The topological polar surface area (TPSA) is 83.4 Å². The van der Waals surface area contributed by atoms with Gasteiger partial charge in [0.2, 0.25) is 5.91 Å². The largest absolute Gasteiger partial charge is 0.469 e. The van der Waals surface area contributed by atoms with Crippen molar-refractivity contribution in [3.63, 3.8) is 0 Å². The minimum atomic E-state index is -0.437. The highest BCUT2D eigenvalue weighted by atomic mass is 16.3. The van der Waals surface area contributed by atoms with Crippen LogP contribution < -0.4 is 16.0 Å². The molecule has 0 spiro atoms. The van der Waals surface area contributed by atoms with Crippen molar-refractivity contribution < 1.29 is 14.0 Å². The van der Waals surface area contributed by atoms with Crippen molar-refractivity contribution in [3.8, 4) is 0 Å². The third kappa shape index (κ3) is 4.29. The number of amides is 3. The maximum atomic E-state index is 11.9. The molecule has 1 aliphatic rings. The molecule has 2 rings (SSSR count). The molecule has 0 aromatic carbocycles. The van der Waals surface area contributed by atoms with Crippen LogP contribution in [-0.4, -0.2) is 30.6 Å². The summed E-state index contributed by atoms with van der Waals surface area (Å²) in [6, 6.07) is 2.88. The fraction of sp³-hybridized carbons (Fsp3) is 0.571. The van der Waals surface area contributed by atoms with Gasteiger partial charge in [0.25, 0.3) is 0 Å². The molecule has 6 heteroatoms. The molecule has 3 amide bonds. The highest BCUT2D eigenvalue weighted by Crippen LogP contribution is 2.06. The van der Waals surface area contributed by atoms with Gasteiger partial charge in [0.1, 0.15) is 11.8 Å². The molecule has 1 aromatic rings. The summed E-state index contributed by atoms with van der Waals surface area (Å²) in [7, 11) is 0. The van der Waals surface area contributed by atoms with Crippen LogP contribution in [0.3, 0.4) is 0 Å². The Kier molecular flexibility index (Phi) is 5.03. The number of urea groups is 1. The van der Waals surface area contributed by atoms with E-state index in [9.17, 15) is 9.59 Å². The van der Waals surface area contributed by atoms with Crippen LogP contribution in [0.2, 0.25) is 0 Å². The second-order valence-electron chi connectivity index (χ2n) is 5.14. The van der Waals surface area contributed by atoms with E-state index >= 15 is 0 Å². The summed E-state index contributed by atoms with van der Waals surface area (Å²) in [5, 5.41) is 8.34. The Morgan fingerprint density at radius 1 is 1.55 bits per heavy atom. The Morgan fingerprint density at radius 3 is 3.15 bits per heavy atom. The number of rotatable bonds is 4. The SMILES string of the molecule is CC(Cc1ccco1)NC(=O)NC1CCCCNC1=O. The highest BCUT2D eigenvalue weighted by molar-refractivity contribution is 5.87. The third-order valence-electron chi connectivity index (χ3n) is 3.31. The summed E-state index contributed by atoms with van der Waals surface area (Å²) in [6.07, 6.45) is 4.81. The van der Waals surface area contributed by atoms with Gasteiger partial charge in [-0.3, -0.25) is 4.79 Å². The van der Waals surface area contributed by atoms with E-state index in [1.165, 1.54) is 0 Å². The lowest BCUT2D eigenvalue weighted by Gasteiger charge is -2.18. The summed E-state index contributed by atoms with van der Waals surface area (Å²) >= 11 is 0. The Morgan fingerprint density at radius 2 is 2.40 bits per heavy atom. The van der Waals surface area contributed by atoms with Gasteiger partial charge in [0.15, 0.2) is 0 Å². The van der Waals surface area contributed by atoms with Crippen LogP contribution in [0.5, 0.6) is 0 Å². The van der Waals surface area contributed by atoms with Crippen molar-refractivity contribution in [3.05, 3.63) is 24.2 Å². The van der Waals surface area contributed by atoms with Gasteiger partial charge in [-0.2, -0.15) is 0 Å². The second-order valence-corrected chi connectivity index (χ2v) is 5.14. The average molecular weight is 279 g/mol. The Hall–Kier alpha value is -1.98. The molecule has 1 aliphatic heterocycles. The first-order valence-corrected chi connectivity index (χ1v) is 7.02. The zero-order chi connectivity index (χ0) is 14.4. The number of furan rings is 1. The van der Waals surface area contributed by atoms with Gasteiger partial charge < -0.3 is 20.4 Å². The van der Waals surface area contributed by atoms with Gasteiger partial charge in [-0.05, 0) is 38.3 Å². The quantitative estimate of drug-likeness (QED) is 0.774. The van der Waals surface area contributed by atoms with E-state index in [1.54, 1.807) is 6.26 Å². The van der Waals surface area contributed by atoms with E-state index < -0.39 is 6.04 Å². The predicted octanol–water partition coefficient (Wildman–Crippen LogP) is 1.18. The molecule has 1 fully saturated rings. The van der Waals surface area contributed by atoms with E-state index in [2.05, 4.69) is 16.0 Å². The zero-order valence-electron chi connectivity index (χ0n) is 11.6. The summed E-state index contributed by atoms with van der Waals surface area (Å²) < 4.78 is 5.23. The van der Waals surface area contributed by atoms with Crippen molar-refractivity contribution in [2.75, 3.05) is 6.54 Å². The lowest BCUT2D eigenvalue weighted by atomic mass is 10.1. The summed E-state index contributed by atoms with van der Waals surface area (Å²) in [4.78, 5) is 23.6. The third-order valence-corrected chi connectivity index (χ3v) is 3.31. The van der Waals surface area contributed by atoms with Crippen LogP contribution >= 0.6 is 0 Å². The maximum Gasteiger partial charge on any atom is 0.315 e. The van der Waals surface area contributed by atoms with Gasteiger partial charge in [0.05, 0.1) is 6.26 Å². The molecule has 2 atom stereocenters. The van der Waals surface area contributed by atoms with Crippen LogP contribution in [0, 0.1) is 0 Å². The first kappa shape index (κ1) is 14.4. The van der Waals surface area contributed by atoms with Crippen molar-refractivity contribution in [1.82, 2.24) is 16.0 Å². The number of nitrogens with one attached hydrogen (secondary N) is 3. The molecule has 20 heavy (non-hydrogen) atoms. The Balaban J connectivity index is 1.77. The van der Waals surface area contributed by atoms with Crippen LogP contribution in [-0.2, 0) is 11.2 Å². The summed E-state index contributed by atoms with van der Waals surface area (Å²) in [5.74, 6) is 0.723. The molecular formula is C14H21N3O3. The fourth-order valence-corrected chi connectivity index (χ4v) is 2.28. The van der Waals surface area contributed by atoms with Gasteiger partial charge in [-0.25, -0.2) is 4.79 Å². The fourth-order valence-electron chi connectivity index (χ4n) is 2.28. The monoisotopic (exact) mass is 279 g/mol. The number of carbonyl (C=O) groups is 2. The average Bonchev–Trinajstić information content (AvgIpc) is 2.81. The van der Waals surface area contributed by atoms with Crippen molar-refractivity contribution in [2.24, 2.45) is 0 Å². The molecule has 0 saturated carbocycles. The zero-order valence-corrected chi connectivity index (χ0v) is 11.6. The van der Waals surface area contributed by atoms with Crippen LogP contribution in [0.1, 0.15) is 31.9 Å². The van der Waals surface area contributed by atoms with Crippen LogP contribution in [0.25, 0.3) is 0 Å². The van der Waals surface area contributed by atoms with Crippen molar-refractivity contribution in [2.45, 2.75) is 44.7 Å². The minimum Gasteiger partial charge on any atom is -0.469 e. The molecule has 6 nitrogen and oxygen atoms in total. The second kappa shape index (κ2) is 6.98. The van der Waals surface area contributed by atoms with E-state index in [4.69, 9.17) is 4.42 Å². The van der Waals surface area contributed by atoms with Crippen LogP contribution in [0.4, 0.5) is 4.79 Å². The molecule has 0 aliphatic carbocycles. The highest BCUT2D eigenvalue weighted by Gasteiger charge is 2.22. The molecular weight excluding hydrogens is 258 g/mol. The standard InChI is InChI=1S/C14H21N3O3/c1-10(9-11-5-4-8-20-11)16-14(19)17-12-6-2-3-7-15-13(12)18/h4-5,8,10,12H,2-3,6-7,9H2,1H3,(H,15,18)(H2,16,17,19). The Bertz CT molecular complexity index is 445. The molecule has 1 aromatic heterocycles. The first-order valence-electron chi connectivity index (χ1n) is 7.02. The molecule has 1 saturated heterocycles. The van der Waals surface area contributed by atoms with E-state index in [1.807, 2.05) is 19.1 Å². The van der Waals surface area contributed by atoms with E-state index in [-0.39, 0.29) is 18.0 Å². The molecule has 0 radical (unpaired) electrons. The number of hydrogen-bond acceptors (Lipinski definition) is 3. The van der Waals surface area contributed by atoms with Crippen molar-refractivity contribution >= 4 is 11.9 Å². The lowest BCUT2D eigenvalue weighted by Crippen LogP contribution is -2.51. The van der Waals surface area contributed by atoms with Gasteiger partial charge >= 0.3 is 6.03 Å². The first-order chi connectivity index (χ1) is 9.65. The molecule has 3 N–H and O–H groups in total. The normalized spacial score (nSPS) is 20.6. The summed E-state index contributed by atoms with van der Waals surface area (Å²) in [5.41, 5.74) is 0. The molecule has 110 valence electrons. The molecule has 2 unspecified atom stereocenters. The smallest absolute Gasteiger partial charge is 0.315 e. The molecule has 0 bridgehead atoms. The maximum absolute atomic E-state index is 11.9.